The van der Waals surface area contributed by atoms with E-state index in [1.807, 2.05) is 48.5 Å². The molecule has 0 aliphatic rings. The molecule has 11 heteroatoms. The third-order valence-corrected chi connectivity index (χ3v) is 6.35. The number of thioether (sulfide) groups is 1. The molecule has 0 atom stereocenters. The summed E-state index contributed by atoms with van der Waals surface area (Å²) in [5, 5.41) is 8.74. The van der Waals surface area contributed by atoms with Gasteiger partial charge in [-0.3, -0.25) is 0 Å². The van der Waals surface area contributed by atoms with Gasteiger partial charge in [0.05, 0.1) is 27.0 Å². The second kappa shape index (κ2) is 14.2. The highest BCUT2D eigenvalue weighted by Crippen LogP contribution is 2.33. The van der Waals surface area contributed by atoms with Gasteiger partial charge in [-0.05, 0) is 48.2 Å². The maximum atomic E-state index is 6.15. The zero-order valence-electron chi connectivity index (χ0n) is 21.3. The van der Waals surface area contributed by atoms with Crippen LogP contribution in [0.25, 0.3) is 11.6 Å². The largest absolute Gasteiger partial charge is 0.497 e. The summed E-state index contributed by atoms with van der Waals surface area (Å²) in [4.78, 5) is 9.07. The van der Waals surface area contributed by atoms with E-state index in [-0.39, 0.29) is 0 Å². The standard InChI is InChI=1S/C27H30N4O6S/c1-32-21-9-5-19(6-10-21)17-34-24-15-23(26-30-31-27(37-26)38-14-4-3-13-36-28)29-16-25(24)35-18-20-7-11-22(33-2)12-8-20/h5-12,15-16H,3-4,13-14,17-18,28H2,1-2H3. The minimum absolute atomic E-state index is 0.300. The van der Waals surface area contributed by atoms with Gasteiger partial charge in [0.25, 0.3) is 11.1 Å². The van der Waals surface area contributed by atoms with Crippen molar-refractivity contribution in [2.24, 2.45) is 5.90 Å². The van der Waals surface area contributed by atoms with Gasteiger partial charge in [-0.15, -0.1) is 10.2 Å². The first kappa shape index (κ1) is 27.2. The Morgan fingerprint density at radius 1 is 0.816 bits per heavy atom. The number of aromatic nitrogens is 3. The van der Waals surface area contributed by atoms with Gasteiger partial charge in [-0.25, -0.2) is 10.9 Å². The summed E-state index contributed by atoms with van der Waals surface area (Å²) in [6.45, 7) is 1.18. The molecule has 0 fully saturated rings. The van der Waals surface area contributed by atoms with Gasteiger partial charge in [-0.2, -0.15) is 0 Å². The maximum Gasteiger partial charge on any atom is 0.276 e. The average Bonchev–Trinajstić information content (AvgIpc) is 3.44. The Balaban J connectivity index is 1.48. The number of nitrogens with two attached hydrogens (primary N) is 1. The van der Waals surface area contributed by atoms with Crippen molar-refractivity contribution in [1.82, 2.24) is 15.2 Å². The van der Waals surface area contributed by atoms with Crippen LogP contribution in [0.15, 0.2) is 70.4 Å². The highest BCUT2D eigenvalue weighted by molar-refractivity contribution is 7.99. The van der Waals surface area contributed by atoms with Crippen LogP contribution < -0.4 is 24.8 Å². The molecular weight excluding hydrogens is 508 g/mol. The summed E-state index contributed by atoms with van der Waals surface area (Å²) >= 11 is 1.47. The molecule has 0 amide bonds. The molecule has 10 nitrogen and oxygen atoms in total. The van der Waals surface area contributed by atoms with E-state index in [4.69, 9.17) is 29.3 Å². The van der Waals surface area contributed by atoms with Crippen molar-refractivity contribution in [3.8, 4) is 34.6 Å². The molecule has 38 heavy (non-hydrogen) atoms. The van der Waals surface area contributed by atoms with Crippen molar-refractivity contribution in [2.75, 3.05) is 26.6 Å². The molecule has 0 aliphatic carbocycles. The van der Waals surface area contributed by atoms with Crippen LogP contribution in [0.1, 0.15) is 24.0 Å². The van der Waals surface area contributed by atoms with Gasteiger partial charge >= 0.3 is 0 Å². The van der Waals surface area contributed by atoms with Crippen LogP contribution in [-0.4, -0.2) is 41.8 Å². The number of benzene rings is 2. The number of hydrogen-bond donors (Lipinski definition) is 1. The smallest absolute Gasteiger partial charge is 0.276 e. The SMILES string of the molecule is COc1ccc(COc2cnc(-c3nnc(SCCCCON)o3)cc2OCc2ccc(OC)cc2)cc1. The number of hydrogen-bond acceptors (Lipinski definition) is 11. The summed E-state index contributed by atoms with van der Waals surface area (Å²) in [5.74, 6) is 8.73. The van der Waals surface area contributed by atoms with Crippen LogP contribution in [0.3, 0.4) is 0 Å². The highest BCUT2D eigenvalue weighted by Gasteiger charge is 2.15. The third kappa shape index (κ3) is 7.85. The fraction of sp³-hybridized carbons (Fsp3) is 0.296. The predicted octanol–water partition coefficient (Wildman–Crippen LogP) is 5.07. The Bertz CT molecular complexity index is 1270. The summed E-state index contributed by atoms with van der Waals surface area (Å²) in [7, 11) is 3.27. The molecule has 0 bridgehead atoms. The van der Waals surface area contributed by atoms with Crippen molar-refractivity contribution in [3.05, 3.63) is 71.9 Å². The molecule has 2 aromatic heterocycles. The predicted molar refractivity (Wildman–Crippen MR) is 142 cm³/mol. The zero-order valence-corrected chi connectivity index (χ0v) is 22.1. The summed E-state index contributed by atoms with van der Waals surface area (Å²) < 4.78 is 28.5. The normalized spacial score (nSPS) is 10.8. The van der Waals surface area contributed by atoms with Crippen LogP contribution in [-0.2, 0) is 18.1 Å². The van der Waals surface area contributed by atoms with E-state index in [0.29, 0.717) is 48.1 Å². The Morgan fingerprint density at radius 2 is 1.45 bits per heavy atom. The Hall–Kier alpha value is -3.80. The first-order chi connectivity index (χ1) is 18.7. The first-order valence-corrected chi connectivity index (χ1v) is 13.0. The summed E-state index contributed by atoms with van der Waals surface area (Å²) in [6, 6.07) is 17.1. The lowest BCUT2D eigenvalue weighted by Crippen LogP contribution is -2.02. The number of methoxy groups -OCH3 is 2. The molecule has 4 rings (SSSR count). The lowest BCUT2D eigenvalue weighted by molar-refractivity contribution is 0.135. The second-order valence-corrected chi connectivity index (χ2v) is 9.14. The fourth-order valence-corrected chi connectivity index (χ4v) is 4.11. The van der Waals surface area contributed by atoms with Crippen molar-refractivity contribution >= 4 is 11.8 Å². The number of nitrogens with zero attached hydrogens (tertiary/aromatic N) is 3. The fourth-order valence-electron chi connectivity index (χ4n) is 3.35. The minimum Gasteiger partial charge on any atom is -0.497 e. The molecule has 2 N–H and O–H groups in total. The van der Waals surface area contributed by atoms with Gasteiger partial charge < -0.3 is 28.2 Å². The van der Waals surface area contributed by atoms with Crippen LogP contribution in [0.2, 0.25) is 0 Å². The summed E-state index contributed by atoms with van der Waals surface area (Å²) in [6.07, 6.45) is 3.38. The monoisotopic (exact) mass is 538 g/mol. The number of unbranched alkanes of at least 4 members (excludes halogenated alkanes) is 1. The molecule has 2 heterocycles. The number of ether oxygens (including phenoxy) is 4. The molecular formula is C27H30N4O6S. The topological polar surface area (TPSA) is 124 Å². The van der Waals surface area contributed by atoms with E-state index in [2.05, 4.69) is 20.0 Å². The van der Waals surface area contributed by atoms with Gasteiger partial charge in [0.15, 0.2) is 11.5 Å². The lowest BCUT2D eigenvalue weighted by Gasteiger charge is -2.14. The van der Waals surface area contributed by atoms with E-state index in [0.717, 1.165) is 41.2 Å². The van der Waals surface area contributed by atoms with Crippen molar-refractivity contribution in [1.29, 1.82) is 0 Å². The van der Waals surface area contributed by atoms with E-state index >= 15 is 0 Å². The third-order valence-electron chi connectivity index (χ3n) is 5.45. The van der Waals surface area contributed by atoms with E-state index in [1.165, 1.54) is 11.8 Å². The van der Waals surface area contributed by atoms with Gasteiger partial charge in [0.1, 0.15) is 30.4 Å². The van der Waals surface area contributed by atoms with Gasteiger partial charge in [-0.1, -0.05) is 36.0 Å². The Morgan fingerprint density at radius 3 is 2.05 bits per heavy atom. The Kier molecular flexibility index (Phi) is 10.2. The molecule has 0 aliphatic heterocycles. The Labute approximate surface area is 225 Å². The van der Waals surface area contributed by atoms with Crippen molar-refractivity contribution in [3.63, 3.8) is 0 Å². The van der Waals surface area contributed by atoms with E-state index in [1.54, 1.807) is 26.5 Å². The molecule has 2 aromatic carbocycles. The van der Waals surface area contributed by atoms with Crippen LogP contribution in [0.5, 0.6) is 23.0 Å². The number of rotatable bonds is 15. The van der Waals surface area contributed by atoms with Gasteiger partial charge in [0.2, 0.25) is 0 Å². The zero-order chi connectivity index (χ0) is 26.6. The minimum atomic E-state index is 0.300. The second-order valence-electron chi connectivity index (χ2n) is 8.09. The molecule has 200 valence electrons. The lowest BCUT2D eigenvalue weighted by atomic mass is 10.2. The molecule has 0 radical (unpaired) electrons. The van der Waals surface area contributed by atoms with E-state index in [9.17, 15) is 0 Å². The van der Waals surface area contributed by atoms with Crippen LogP contribution in [0, 0.1) is 0 Å². The maximum absolute atomic E-state index is 6.15. The number of pyridine rings is 1. The van der Waals surface area contributed by atoms with Crippen molar-refractivity contribution < 1.29 is 28.2 Å². The molecule has 4 aromatic rings. The molecule has 0 spiro atoms. The average molecular weight is 539 g/mol. The van der Waals surface area contributed by atoms with Crippen LogP contribution in [0.4, 0.5) is 0 Å². The first-order valence-electron chi connectivity index (χ1n) is 12.0. The van der Waals surface area contributed by atoms with Crippen LogP contribution >= 0.6 is 11.8 Å². The quantitative estimate of drug-likeness (QED) is 0.124. The highest BCUT2D eigenvalue weighted by atomic mass is 32.2. The summed E-state index contributed by atoms with van der Waals surface area (Å²) in [5.41, 5.74) is 2.44. The molecule has 0 unspecified atom stereocenters. The van der Waals surface area contributed by atoms with Gasteiger partial charge in [0, 0.05) is 11.8 Å². The molecule has 0 saturated heterocycles. The van der Waals surface area contributed by atoms with E-state index < -0.39 is 0 Å². The molecule has 0 saturated carbocycles. The van der Waals surface area contributed by atoms with Crippen molar-refractivity contribution in [2.45, 2.75) is 31.3 Å².